The largest absolute Gasteiger partial charge is 0.319 e. The highest BCUT2D eigenvalue weighted by atomic mass is 32.2. The van der Waals surface area contributed by atoms with Gasteiger partial charge in [-0.25, -0.2) is 12.8 Å². The maximum atomic E-state index is 14.4. The normalized spacial score (nSPS) is 15.0. The molecule has 1 fully saturated rings. The number of aromatic nitrogens is 4. The SMILES string of the molecule is Cc1nnnn1-c1ccc(F)c(NC(=O)c2cccc(S(=O)(=O)N(C)C3CCCCC3)c2)c1. The van der Waals surface area contributed by atoms with Gasteiger partial charge in [0.1, 0.15) is 5.82 Å². The van der Waals surface area contributed by atoms with E-state index >= 15 is 0 Å². The van der Waals surface area contributed by atoms with Gasteiger partial charge in [0.2, 0.25) is 10.0 Å². The first-order valence-electron chi connectivity index (χ1n) is 10.7. The summed E-state index contributed by atoms with van der Waals surface area (Å²) >= 11 is 0. The van der Waals surface area contributed by atoms with Gasteiger partial charge < -0.3 is 5.32 Å². The van der Waals surface area contributed by atoms with Gasteiger partial charge in [-0.1, -0.05) is 25.3 Å². The standard InChI is InChI=1S/C22H25FN6O3S/c1-15-25-26-27-29(15)18-11-12-20(23)21(14-18)24-22(30)16-7-6-10-19(13-16)33(31,32)28(2)17-8-4-3-5-9-17/h6-7,10-14,17H,3-5,8-9H2,1-2H3,(H,24,30). The molecular formula is C22H25FN6O3S. The van der Waals surface area contributed by atoms with Crippen LogP contribution in [-0.4, -0.2) is 51.9 Å². The molecule has 9 nitrogen and oxygen atoms in total. The number of halogens is 1. The van der Waals surface area contributed by atoms with Crippen molar-refractivity contribution in [2.24, 2.45) is 0 Å². The molecule has 1 heterocycles. The Morgan fingerprint density at radius 3 is 2.61 bits per heavy atom. The monoisotopic (exact) mass is 472 g/mol. The third-order valence-corrected chi connectivity index (χ3v) is 7.84. The number of hydrogen-bond acceptors (Lipinski definition) is 6. The second kappa shape index (κ2) is 9.36. The molecule has 1 aliphatic rings. The van der Waals surface area contributed by atoms with Crippen molar-refractivity contribution in [2.45, 2.75) is 50.0 Å². The molecule has 1 saturated carbocycles. The number of amides is 1. The van der Waals surface area contributed by atoms with Gasteiger partial charge in [0, 0.05) is 18.7 Å². The van der Waals surface area contributed by atoms with Crippen LogP contribution in [0.15, 0.2) is 47.4 Å². The third kappa shape index (κ3) is 4.79. The van der Waals surface area contributed by atoms with Gasteiger partial charge in [0.15, 0.2) is 5.82 Å². The Hall–Kier alpha value is -3.18. The Bertz CT molecular complexity index is 1270. The van der Waals surface area contributed by atoms with E-state index in [1.165, 1.54) is 51.5 Å². The zero-order valence-electron chi connectivity index (χ0n) is 18.4. The molecule has 2 aromatic carbocycles. The van der Waals surface area contributed by atoms with Crippen LogP contribution in [0.5, 0.6) is 0 Å². The van der Waals surface area contributed by atoms with Crippen LogP contribution >= 0.6 is 0 Å². The molecule has 0 saturated heterocycles. The van der Waals surface area contributed by atoms with Crippen LogP contribution in [0.2, 0.25) is 0 Å². The fourth-order valence-corrected chi connectivity index (χ4v) is 5.47. The molecule has 0 unspecified atom stereocenters. The molecule has 3 aromatic rings. The molecule has 0 spiro atoms. The highest BCUT2D eigenvalue weighted by Gasteiger charge is 2.29. The number of nitrogens with one attached hydrogen (secondary N) is 1. The molecule has 0 bridgehead atoms. The fourth-order valence-electron chi connectivity index (χ4n) is 4.01. The summed E-state index contributed by atoms with van der Waals surface area (Å²) in [7, 11) is -2.18. The summed E-state index contributed by atoms with van der Waals surface area (Å²) in [6, 6.07) is 9.83. The van der Waals surface area contributed by atoms with Crippen LogP contribution < -0.4 is 5.32 Å². The third-order valence-electron chi connectivity index (χ3n) is 5.93. The Morgan fingerprint density at radius 1 is 1.15 bits per heavy atom. The quantitative estimate of drug-likeness (QED) is 0.589. The van der Waals surface area contributed by atoms with Gasteiger partial charge in [-0.2, -0.15) is 8.99 Å². The van der Waals surface area contributed by atoms with E-state index in [0.29, 0.717) is 11.5 Å². The zero-order valence-corrected chi connectivity index (χ0v) is 19.2. The summed E-state index contributed by atoms with van der Waals surface area (Å²) in [5.74, 6) is -0.769. The number of benzene rings is 2. The van der Waals surface area contributed by atoms with E-state index in [-0.39, 0.29) is 22.2 Å². The van der Waals surface area contributed by atoms with E-state index in [4.69, 9.17) is 0 Å². The molecule has 1 aromatic heterocycles. The van der Waals surface area contributed by atoms with E-state index in [2.05, 4.69) is 20.8 Å². The smallest absolute Gasteiger partial charge is 0.255 e. The Balaban J connectivity index is 1.57. The lowest BCUT2D eigenvalue weighted by Gasteiger charge is -2.30. The number of carbonyl (C=O) groups is 1. The van der Waals surface area contributed by atoms with Crippen molar-refractivity contribution < 1.29 is 17.6 Å². The molecule has 0 aliphatic heterocycles. The first kappa shape index (κ1) is 23.0. The van der Waals surface area contributed by atoms with Gasteiger partial charge in [-0.15, -0.1) is 5.10 Å². The lowest BCUT2D eigenvalue weighted by Crippen LogP contribution is -2.38. The first-order chi connectivity index (χ1) is 15.8. The van der Waals surface area contributed by atoms with E-state index in [1.54, 1.807) is 14.0 Å². The second-order valence-corrected chi connectivity index (χ2v) is 10.1. The number of tetrazole rings is 1. The molecule has 0 atom stereocenters. The van der Waals surface area contributed by atoms with Crippen molar-refractivity contribution in [1.29, 1.82) is 0 Å². The van der Waals surface area contributed by atoms with E-state index < -0.39 is 21.7 Å². The number of anilines is 1. The van der Waals surface area contributed by atoms with E-state index in [9.17, 15) is 17.6 Å². The minimum atomic E-state index is -3.76. The van der Waals surface area contributed by atoms with E-state index in [1.807, 2.05) is 0 Å². The summed E-state index contributed by atoms with van der Waals surface area (Å²) in [5, 5.41) is 13.7. The lowest BCUT2D eigenvalue weighted by molar-refractivity contribution is 0.102. The van der Waals surface area contributed by atoms with Crippen molar-refractivity contribution in [2.75, 3.05) is 12.4 Å². The molecular weight excluding hydrogens is 447 g/mol. The molecule has 0 radical (unpaired) electrons. The van der Waals surface area contributed by atoms with Gasteiger partial charge >= 0.3 is 0 Å². The summed E-state index contributed by atoms with van der Waals surface area (Å²) in [6.07, 6.45) is 4.77. The average molecular weight is 473 g/mol. The minimum Gasteiger partial charge on any atom is -0.319 e. The van der Waals surface area contributed by atoms with Crippen LogP contribution in [0, 0.1) is 12.7 Å². The van der Waals surface area contributed by atoms with Gasteiger partial charge in [-0.05, 0) is 66.6 Å². The number of aryl methyl sites for hydroxylation is 1. The second-order valence-electron chi connectivity index (χ2n) is 8.10. The Labute approximate surface area is 191 Å². The van der Waals surface area contributed by atoms with Crippen LogP contribution in [0.3, 0.4) is 0 Å². The Morgan fingerprint density at radius 2 is 1.91 bits per heavy atom. The molecule has 11 heteroatoms. The summed E-state index contributed by atoms with van der Waals surface area (Å²) < 4.78 is 43.5. The molecule has 4 rings (SSSR count). The van der Waals surface area contributed by atoms with Crippen molar-refractivity contribution in [3.05, 3.63) is 59.7 Å². The predicted molar refractivity (Wildman–Crippen MR) is 120 cm³/mol. The van der Waals surface area contributed by atoms with Crippen molar-refractivity contribution in [3.8, 4) is 5.69 Å². The van der Waals surface area contributed by atoms with Crippen LogP contribution in [0.1, 0.15) is 48.3 Å². The molecule has 33 heavy (non-hydrogen) atoms. The topological polar surface area (TPSA) is 110 Å². The molecule has 1 N–H and O–H groups in total. The van der Waals surface area contributed by atoms with Gasteiger partial charge in [-0.3, -0.25) is 4.79 Å². The van der Waals surface area contributed by atoms with Crippen LogP contribution in [-0.2, 0) is 10.0 Å². The van der Waals surface area contributed by atoms with Crippen molar-refractivity contribution in [3.63, 3.8) is 0 Å². The fraction of sp³-hybridized carbons (Fsp3) is 0.364. The maximum Gasteiger partial charge on any atom is 0.255 e. The first-order valence-corrected chi connectivity index (χ1v) is 12.2. The summed E-state index contributed by atoms with van der Waals surface area (Å²) in [4.78, 5) is 12.9. The Kier molecular flexibility index (Phi) is 6.52. The highest BCUT2D eigenvalue weighted by Crippen LogP contribution is 2.27. The molecule has 1 aliphatic carbocycles. The summed E-state index contributed by atoms with van der Waals surface area (Å²) in [6.45, 7) is 1.69. The lowest BCUT2D eigenvalue weighted by atomic mass is 9.96. The highest BCUT2D eigenvalue weighted by molar-refractivity contribution is 7.89. The number of nitrogens with zero attached hydrogens (tertiary/aromatic N) is 5. The predicted octanol–water partition coefficient (Wildman–Crippen LogP) is 3.32. The van der Waals surface area contributed by atoms with Crippen LogP contribution in [0.4, 0.5) is 10.1 Å². The molecule has 1 amide bonds. The minimum absolute atomic E-state index is 0.0294. The van der Waals surface area contributed by atoms with Crippen molar-refractivity contribution in [1.82, 2.24) is 24.5 Å². The van der Waals surface area contributed by atoms with Gasteiger partial charge in [0.25, 0.3) is 5.91 Å². The number of rotatable bonds is 6. The maximum absolute atomic E-state index is 14.4. The van der Waals surface area contributed by atoms with E-state index in [0.717, 1.165) is 32.1 Å². The van der Waals surface area contributed by atoms with Gasteiger partial charge in [0.05, 0.1) is 16.3 Å². The van der Waals surface area contributed by atoms with Crippen molar-refractivity contribution >= 4 is 21.6 Å². The summed E-state index contributed by atoms with van der Waals surface area (Å²) in [5.41, 5.74) is 0.510. The number of sulfonamides is 1. The molecule has 174 valence electrons. The average Bonchev–Trinajstić information content (AvgIpc) is 3.26. The number of carbonyl (C=O) groups excluding carboxylic acids is 1. The van der Waals surface area contributed by atoms with Crippen LogP contribution in [0.25, 0.3) is 5.69 Å². The number of hydrogen-bond donors (Lipinski definition) is 1. The zero-order chi connectivity index (χ0) is 23.6.